The lowest BCUT2D eigenvalue weighted by atomic mass is 9.97. The maximum atomic E-state index is 13.5. The largest absolute Gasteiger partial charge is 0.494 e. The van der Waals surface area contributed by atoms with Crippen LogP contribution in [-0.4, -0.2) is 30.3 Å². The molecule has 21 heavy (non-hydrogen) atoms. The van der Waals surface area contributed by atoms with Crippen LogP contribution in [0.2, 0.25) is 0 Å². The number of hydrogen-bond acceptors (Lipinski definition) is 3. The Balaban J connectivity index is 2.45. The van der Waals surface area contributed by atoms with E-state index in [0.29, 0.717) is 19.3 Å². The Morgan fingerprint density at radius 1 is 1.38 bits per heavy atom. The van der Waals surface area contributed by atoms with Crippen molar-refractivity contribution in [1.29, 1.82) is 0 Å². The van der Waals surface area contributed by atoms with Crippen LogP contribution in [0.15, 0.2) is 18.2 Å². The van der Waals surface area contributed by atoms with Gasteiger partial charge in [0.15, 0.2) is 11.6 Å². The Labute approximate surface area is 125 Å². The molecule has 0 saturated heterocycles. The SMILES string of the molecule is CCC(O)(CC)CNC(=O)CCc1ccc(OC)c(F)c1. The third kappa shape index (κ3) is 5.34. The first kappa shape index (κ1) is 17.4. The fourth-order valence-corrected chi connectivity index (χ4v) is 1.97. The first-order valence-corrected chi connectivity index (χ1v) is 7.25. The van der Waals surface area contributed by atoms with E-state index in [1.807, 2.05) is 13.8 Å². The monoisotopic (exact) mass is 297 g/mol. The van der Waals surface area contributed by atoms with E-state index in [0.717, 1.165) is 5.56 Å². The van der Waals surface area contributed by atoms with Crippen molar-refractivity contribution in [3.05, 3.63) is 29.6 Å². The summed E-state index contributed by atoms with van der Waals surface area (Å²) < 4.78 is 18.4. The van der Waals surface area contributed by atoms with Gasteiger partial charge in [-0.05, 0) is 37.0 Å². The summed E-state index contributed by atoms with van der Waals surface area (Å²) in [6.45, 7) is 4.02. The van der Waals surface area contributed by atoms with E-state index in [9.17, 15) is 14.3 Å². The lowest BCUT2D eigenvalue weighted by molar-refractivity contribution is -0.122. The Hall–Kier alpha value is -1.62. The van der Waals surface area contributed by atoms with Crippen LogP contribution in [0, 0.1) is 5.82 Å². The van der Waals surface area contributed by atoms with Crippen molar-refractivity contribution >= 4 is 5.91 Å². The quantitative estimate of drug-likeness (QED) is 0.775. The van der Waals surface area contributed by atoms with Crippen LogP contribution >= 0.6 is 0 Å². The topological polar surface area (TPSA) is 58.6 Å². The van der Waals surface area contributed by atoms with E-state index in [1.54, 1.807) is 12.1 Å². The third-order valence-corrected chi connectivity index (χ3v) is 3.79. The second-order valence-corrected chi connectivity index (χ2v) is 5.18. The number of carbonyl (C=O) groups excluding carboxylic acids is 1. The van der Waals surface area contributed by atoms with Crippen LogP contribution in [0.25, 0.3) is 0 Å². The number of benzene rings is 1. The molecule has 1 aromatic carbocycles. The summed E-state index contributed by atoms with van der Waals surface area (Å²) in [6.07, 6.45) is 1.89. The van der Waals surface area contributed by atoms with Gasteiger partial charge >= 0.3 is 0 Å². The minimum absolute atomic E-state index is 0.147. The summed E-state index contributed by atoms with van der Waals surface area (Å²) in [4.78, 5) is 11.8. The van der Waals surface area contributed by atoms with E-state index in [1.165, 1.54) is 13.2 Å². The zero-order chi connectivity index (χ0) is 15.9. The van der Waals surface area contributed by atoms with Crippen LogP contribution in [-0.2, 0) is 11.2 Å². The highest BCUT2D eigenvalue weighted by Crippen LogP contribution is 2.18. The predicted octanol–water partition coefficient (Wildman–Crippen LogP) is 2.43. The molecule has 0 aromatic heterocycles. The molecule has 0 aliphatic heterocycles. The normalized spacial score (nSPS) is 11.3. The van der Waals surface area contributed by atoms with Crippen molar-refractivity contribution in [2.45, 2.75) is 45.1 Å². The van der Waals surface area contributed by atoms with E-state index >= 15 is 0 Å². The molecule has 0 aliphatic rings. The number of halogens is 1. The lowest BCUT2D eigenvalue weighted by Gasteiger charge is -2.25. The van der Waals surface area contributed by atoms with E-state index in [-0.39, 0.29) is 24.6 Å². The fourth-order valence-electron chi connectivity index (χ4n) is 1.97. The average molecular weight is 297 g/mol. The van der Waals surface area contributed by atoms with Gasteiger partial charge in [0.25, 0.3) is 0 Å². The second kappa shape index (κ2) is 7.98. The number of aryl methyl sites for hydroxylation is 1. The molecule has 118 valence electrons. The molecule has 2 N–H and O–H groups in total. The van der Waals surface area contributed by atoms with E-state index in [2.05, 4.69) is 5.32 Å². The fraction of sp³-hybridized carbons (Fsp3) is 0.562. The first-order chi connectivity index (χ1) is 9.94. The second-order valence-electron chi connectivity index (χ2n) is 5.18. The summed E-state index contributed by atoms with van der Waals surface area (Å²) in [5, 5.41) is 12.8. The number of amides is 1. The van der Waals surface area contributed by atoms with Crippen LogP contribution in [0.3, 0.4) is 0 Å². The molecule has 0 aliphatic carbocycles. The zero-order valence-corrected chi connectivity index (χ0v) is 12.9. The summed E-state index contributed by atoms with van der Waals surface area (Å²) in [6, 6.07) is 4.67. The van der Waals surface area contributed by atoms with Crippen LogP contribution in [0.5, 0.6) is 5.75 Å². The molecule has 0 bridgehead atoms. The number of aliphatic hydroxyl groups is 1. The molecule has 1 amide bonds. The Morgan fingerprint density at radius 3 is 2.57 bits per heavy atom. The minimum Gasteiger partial charge on any atom is -0.494 e. The Morgan fingerprint density at radius 2 is 2.05 bits per heavy atom. The molecule has 0 saturated carbocycles. The van der Waals surface area contributed by atoms with Crippen molar-refractivity contribution < 1.29 is 19.0 Å². The smallest absolute Gasteiger partial charge is 0.220 e. The highest BCUT2D eigenvalue weighted by molar-refractivity contribution is 5.76. The van der Waals surface area contributed by atoms with Crippen LogP contribution in [0.4, 0.5) is 4.39 Å². The molecule has 0 unspecified atom stereocenters. The van der Waals surface area contributed by atoms with Gasteiger partial charge in [-0.25, -0.2) is 4.39 Å². The van der Waals surface area contributed by atoms with Crippen molar-refractivity contribution in [1.82, 2.24) is 5.32 Å². The number of nitrogens with one attached hydrogen (secondary N) is 1. The third-order valence-electron chi connectivity index (χ3n) is 3.79. The van der Waals surface area contributed by atoms with Crippen LogP contribution in [0.1, 0.15) is 38.7 Å². The molecule has 0 atom stereocenters. The van der Waals surface area contributed by atoms with Crippen molar-refractivity contribution in [2.24, 2.45) is 0 Å². The number of methoxy groups -OCH3 is 1. The van der Waals surface area contributed by atoms with Gasteiger partial charge in [0.05, 0.1) is 12.7 Å². The summed E-state index contributed by atoms with van der Waals surface area (Å²) in [7, 11) is 1.41. The first-order valence-electron chi connectivity index (χ1n) is 7.25. The maximum absolute atomic E-state index is 13.5. The highest BCUT2D eigenvalue weighted by atomic mass is 19.1. The van der Waals surface area contributed by atoms with Gasteiger partial charge in [-0.3, -0.25) is 4.79 Å². The lowest BCUT2D eigenvalue weighted by Crippen LogP contribution is -2.42. The molecule has 1 rings (SSSR count). The molecular weight excluding hydrogens is 273 g/mol. The molecule has 0 radical (unpaired) electrons. The molecular formula is C16H24FNO3. The van der Waals surface area contributed by atoms with Crippen molar-refractivity contribution in [2.75, 3.05) is 13.7 Å². The highest BCUT2D eigenvalue weighted by Gasteiger charge is 2.22. The summed E-state index contributed by atoms with van der Waals surface area (Å²) in [5.74, 6) is -0.382. The Bertz CT molecular complexity index is 473. The van der Waals surface area contributed by atoms with Gasteiger partial charge in [-0.1, -0.05) is 19.9 Å². The van der Waals surface area contributed by atoms with Gasteiger partial charge in [0.2, 0.25) is 5.91 Å². The minimum atomic E-state index is -0.845. The molecule has 5 heteroatoms. The van der Waals surface area contributed by atoms with Gasteiger partial charge < -0.3 is 15.2 Å². The molecule has 0 heterocycles. The van der Waals surface area contributed by atoms with Crippen molar-refractivity contribution in [3.8, 4) is 5.75 Å². The molecule has 0 spiro atoms. The van der Waals surface area contributed by atoms with E-state index < -0.39 is 11.4 Å². The van der Waals surface area contributed by atoms with Gasteiger partial charge in [0, 0.05) is 13.0 Å². The average Bonchev–Trinajstić information content (AvgIpc) is 2.50. The number of carbonyl (C=O) groups is 1. The molecule has 4 nitrogen and oxygen atoms in total. The number of rotatable bonds is 8. The van der Waals surface area contributed by atoms with Gasteiger partial charge in [-0.15, -0.1) is 0 Å². The molecule has 1 aromatic rings. The Kier molecular flexibility index (Phi) is 6.62. The standard InChI is InChI=1S/C16H24FNO3/c1-4-16(20,5-2)11-18-15(19)9-7-12-6-8-14(21-3)13(17)10-12/h6,8,10,20H,4-5,7,9,11H2,1-3H3,(H,18,19). The summed E-state index contributed by atoms with van der Waals surface area (Å²) >= 11 is 0. The summed E-state index contributed by atoms with van der Waals surface area (Å²) in [5.41, 5.74) is -0.105. The maximum Gasteiger partial charge on any atom is 0.220 e. The predicted molar refractivity (Wildman–Crippen MR) is 79.8 cm³/mol. The van der Waals surface area contributed by atoms with Gasteiger partial charge in [-0.2, -0.15) is 0 Å². The zero-order valence-electron chi connectivity index (χ0n) is 12.9. The van der Waals surface area contributed by atoms with Crippen LogP contribution < -0.4 is 10.1 Å². The van der Waals surface area contributed by atoms with Gasteiger partial charge in [0.1, 0.15) is 0 Å². The van der Waals surface area contributed by atoms with Crippen molar-refractivity contribution in [3.63, 3.8) is 0 Å². The number of ether oxygens (including phenoxy) is 1. The number of hydrogen-bond donors (Lipinski definition) is 2. The molecule has 0 fully saturated rings. The van der Waals surface area contributed by atoms with E-state index in [4.69, 9.17) is 4.74 Å².